The number of quaternary nitrogens is 1. The lowest BCUT2D eigenvalue weighted by atomic mass is 9.91. The maximum atomic E-state index is 12.2. The van der Waals surface area contributed by atoms with Crippen molar-refractivity contribution in [1.29, 1.82) is 0 Å². The molecule has 0 saturated heterocycles. The van der Waals surface area contributed by atoms with E-state index in [1.165, 1.54) is 116 Å². The molecule has 0 heterocycles. The average Bonchev–Trinajstić information content (AvgIpc) is 2.78. The SMILES string of the molecule is C=CC[N+](C)(C)CC(C)(C)CNC(=O)CCCCCCCCCCCCCCCCCCCCC. The lowest BCUT2D eigenvalue weighted by Gasteiger charge is -2.36. The number of rotatable bonds is 26. The van der Waals surface area contributed by atoms with Crippen molar-refractivity contribution in [3.05, 3.63) is 12.7 Å². The molecule has 0 aliphatic rings. The van der Waals surface area contributed by atoms with Gasteiger partial charge in [-0.15, -0.1) is 0 Å². The molecule has 0 aromatic carbocycles. The second-order valence-corrected chi connectivity index (χ2v) is 12.6. The summed E-state index contributed by atoms with van der Waals surface area (Å²) in [7, 11) is 4.45. The van der Waals surface area contributed by atoms with E-state index in [-0.39, 0.29) is 11.3 Å². The summed E-state index contributed by atoms with van der Waals surface area (Å²) in [5, 5.41) is 3.17. The minimum Gasteiger partial charge on any atom is -0.355 e. The highest BCUT2D eigenvalue weighted by Crippen LogP contribution is 2.19. The Kier molecular flexibility index (Phi) is 21.8. The fraction of sp³-hybridized carbons (Fsp3) is 0.906. The van der Waals surface area contributed by atoms with E-state index < -0.39 is 0 Å². The highest BCUT2D eigenvalue weighted by Gasteiger charge is 2.28. The standard InChI is InChI=1S/C32H64N2O/c1-7-9-10-11-12-13-14-15-16-17-18-19-20-21-22-23-24-25-26-27-31(35)33-29-32(3,4)30-34(5,6)28-8-2/h8H,2,7,9-30H2,1,3-6H3/p+1. The first kappa shape index (κ1) is 34.2. The lowest BCUT2D eigenvalue weighted by Crippen LogP contribution is -2.49. The summed E-state index contributed by atoms with van der Waals surface area (Å²) >= 11 is 0. The zero-order valence-corrected chi connectivity index (χ0v) is 24.9. The molecule has 0 saturated carbocycles. The Morgan fingerprint density at radius 1 is 0.714 bits per heavy atom. The van der Waals surface area contributed by atoms with Crippen LogP contribution in [0.4, 0.5) is 0 Å². The van der Waals surface area contributed by atoms with Crippen LogP contribution in [-0.2, 0) is 4.79 Å². The molecule has 0 aromatic heterocycles. The number of unbranched alkanes of at least 4 members (excludes halogenated alkanes) is 18. The van der Waals surface area contributed by atoms with Crippen molar-refractivity contribution in [3.63, 3.8) is 0 Å². The van der Waals surface area contributed by atoms with Gasteiger partial charge in [-0.1, -0.05) is 143 Å². The maximum absolute atomic E-state index is 12.2. The van der Waals surface area contributed by atoms with Gasteiger partial charge in [0.25, 0.3) is 0 Å². The van der Waals surface area contributed by atoms with Crippen LogP contribution in [0.3, 0.4) is 0 Å². The van der Waals surface area contributed by atoms with Crippen molar-refractivity contribution in [3.8, 4) is 0 Å². The Labute approximate surface area is 221 Å². The summed E-state index contributed by atoms with van der Waals surface area (Å²) in [6, 6.07) is 0. The Morgan fingerprint density at radius 2 is 1.09 bits per heavy atom. The fourth-order valence-corrected chi connectivity index (χ4v) is 5.42. The summed E-state index contributed by atoms with van der Waals surface area (Å²) in [6.45, 7) is 13.4. The van der Waals surface area contributed by atoms with Gasteiger partial charge in [-0.25, -0.2) is 0 Å². The van der Waals surface area contributed by atoms with Crippen LogP contribution in [0.2, 0.25) is 0 Å². The second-order valence-electron chi connectivity index (χ2n) is 12.6. The van der Waals surface area contributed by atoms with Gasteiger partial charge in [0.05, 0.1) is 27.2 Å². The Balaban J connectivity index is 3.42. The topological polar surface area (TPSA) is 29.1 Å². The van der Waals surface area contributed by atoms with Gasteiger partial charge in [0.15, 0.2) is 0 Å². The third kappa shape index (κ3) is 24.6. The molecule has 0 aliphatic carbocycles. The van der Waals surface area contributed by atoms with Crippen LogP contribution in [0.25, 0.3) is 0 Å². The van der Waals surface area contributed by atoms with E-state index in [2.05, 4.69) is 46.8 Å². The number of likely N-dealkylation sites (N-methyl/N-ethyl adjacent to an activating group) is 1. The van der Waals surface area contributed by atoms with Crippen LogP contribution in [0, 0.1) is 5.41 Å². The molecule has 1 amide bonds. The van der Waals surface area contributed by atoms with E-state index in [0.717, 1.165) is 30.5 Å². The summed E-state index contributed by atoms with van der Waals surface area (Å²) in [6.07, 6.45) is 29.0. The third-order valence-electron chi connectivity index (χ3n) is 7.25. The number of nitrogens with one attached hydrogen (secondary N) is 1. The van der Waals surface area contributed by atoms with Gasteiger partial charge in [0.2, 0.25) is 5.91 Å². The molecule has 0 radical (unpaired) electrons. The first-order valence-corrected chi connectivity index (χ1v) is 15.4. The minimum absolute atomic E-state index is 0.0930. The van der Waals surface area contributed by atoms with Crippen LogP contribution >= 0.6 is 0 Å². The van der Waals surface area contributed by atoms with E-state index in [1.807, 2.05) is 6.08 Å². The highest BCUT2D eigenvalue weighted by atomic mass is 16.1. The molecule has 3 nitrogen and oxygen atoms in total. The Bertz CT molecular complexity index is 498. The van der Waals surface area contributed by atoms with Crippen molar-refractivity contribution in [2.75, 3.05) is 33.7 Å². The molecule has 0 spiro atoms. The van der Waals surface area contributed by atoms with Crippen molar-refractivity contribution in [2.24, 2.45) is 5.41 Å². The maximum Gasteiger partial charge on any atom is 0.220 e. The molecule has 0 bridgehead atoms. The Morgan fingerprint density at radius 3 is 1.46 bits per heavy atom. The van der Waals surface area contributed by atoms with Crippen LogP contribution in [0.1, 0.15) is 149 Å². The largest absolute Gasteiger partial charge is 0.355 e. The van der Waals surface area contributed by atoms with Gasteiger partial charge in [-0.05, 0) is 12.5 Å². The zero-order valence-electron chi connectivity index (χ0n) is 24.9. The van der Waals surface area contributed by atoms with E-state index >= 15 is 0 Å². The summed E-state index contributed by atoms with van der Waals surface area (Å²) in [5.41, 5.74) is 0.0930. The number of hydrogen-bond donors (Lipinski definition) is 1. The average molecular weight is 494 g/mol. The molecule has 208 valence electrons. The summed E-state index contributed by atoms with van der Waals surface area (Å²) in [5.74, 6) is 0.221. The van der Waals surface area contributed by atoms with Crippen molar-refractivity contribution < 1.29 is 9.28 Å². The van der Waals surface area contributed by atoms with E-state index in [9.17, 15) is 4.79 Å². The van der Waals surface area contributed by atoms with E-state index in [4.69, 9.17) is 0 Å². The lowest BCUT2D eigenvalue weighted by molar-refractivity contribution is -0.890. The van der Waals surface area contributed by atoms with Gasteiger partial charge in [-0.3, -0.25) is 4.79 Å². The van der Waals surface area contributed by atoms with Crippen LogP contribution in [-0.4, -0.2) is 44.1 Å². The normalized spacial score (nSPS) is 12.1. The predicted octanol–water partition coefficient (Wildman–Crippen LogP) is 9.21. The number of hydrogen-bond acceptors (Lipinski definition) is 1. The van der Waals surface area contributed by atoms with Crippen LogP contribution < -0.4 is 5.32 Å². The predicted molar refractivity (Wildman–Crippen MR) is 157 cm³/mol. The van der Waals surface area contributed by atoms with Gasteiger partial charge in [0, 0.05) is 18.4 Å². The third-order valence-corrected chi connectivity index (χ3v) is 7.25. The molecule has 0 atom stereocenters. The quantitative estimate of drug-likeness (QED) is 0.0726. The van der Waals surface area contributed by atoms with Crippen LogP contribution in [0.5, 0.6) is 0 Å². The van der Waals surface area contributed by atoms with Crippen molar-refractivity contribution in [1.82, 2.24) is 5.32 Å². The van der Waals surface area contributed by atoms with E-state index in [1.54, 1.807) is 0 Å². The minimum atomic E-state index is 0.0930. The van der Waals surface area contributed by atoms with Gasteiger partial charge in [0.1, 0.15) is 0 Å². The summed E-state index contributed by atoms with van der Waals surface area (Å²) in [4.78, 5) is 12.2. The van der Waals surface area contributed by atoms with Crippen molar-refractivity contribution in [2.45, 2.75) is 149 Å². The molecule has 0 aromatic rings. The fourth-order valence-electron chi connectivity index (χ4n) is 5.42. The zero-order chi connectivity index (χ0) is 26.3. The smallest absolute Gasteiger partial charge is 0.220 e. The molecule has 0 fully saturated rings. The molecule has 3 heteroatoms. The Hall–Kier alpha value is -0.830. The molecule has 0 unspecified atom stereocenters. The molecule has 0 aliphatic heterocycles. The molecule has 1 N–H and O–H groups in total. The van der Waals surface area contributed by atoms with Gasteiger partial charge >= 0.3 is 0 Å². The molecular formula is C32H65N2O+. The van der Waals surface area contributed by atoms with E-state index in [0.29, 0.717) is 6.42 Å². The first-order valence-electron chi connectivity index (χ1n) is 15.4. The molecule has 0 rings (SSSR count). The first-order chi connectivity index (χ1) is 16.7. The number of nitrogens with zero attached hydrogens (tertiary/aromatic N) is 1. The monoisotopic (exact) mass is 494 g/mol. The second kappa shape index (κ2) is 22.4. The van der Waals surface area contributed by atoms with Crippen LogP contribution in [0.15, 0.2) is 12.7 Å². The number of amides is 1. The summed E-state index contributed by atoms with van der Waals surface area (Å²) < 4.78 is 0.908. The number of carbonyl (C=O) groups excluding carboxylic acids is 1. The van der Waals surface area contributed by atoms with Gasteiger partial charge in [-0.2, -0.15) is 0 Å². The van der Waals surface area contributed by atoms with Crippen molar-refractivity contribution >= 4 is 5.91 Å². The van der Waals surface area contributed by atoms with Gasteiger partial charge < -0.3 is 9.80 Å². The molecule has 35 heavy (non-hydrogen) atoms. The highest BCUT2D eigenvalue weighted by molar-refractivity contribution is 5.75. The molecular weight excluding hydrogens is 428 g/mol. The number of carbonyl (C=O) groups is 1.